The predicted molar refractivity (Wildman–Crippen MR) is 87.4 cm³/mol. The normalized spacial score (nSPS) is 12.9. The van der Waals surface area contributed by atoms with E-state index in [0.29, 0.717) is 0 Å². The van der Waals surface area contributed by atoms with Crippen LogP contribution >= 0.6 is 0 Å². The van der Waals surface area contributed by atoms with Gasteiger partial charge in [-0.05, 0) is 32.4 Å². The number of rotatable bonds is 4. The van der Waals surface area contributed by atoms with Crippen molar-refractivity contribution in [3.05, 3.63) is 36.0 Å². The van der Waals surface area contributed by atoms with Crippen LogP contribution in [0.25, 0.3) is 10.9 Å². The lowest BCUT2D eigenvalue weighted by atomic mass is 10.0. The van der Waals surface area contributed by atoms with Crippen LogP contribution in [0.1, 0.15) is 26.3 Å². The van der Waals surface area contributed by atoms with Gasteiger partial charge in [0.05, 0.1) is 0 Å². The van der Waals surface area contributed by atoms with Gasteiger partial charge in [0.1, 0.15) is 11.6 Å². The first-order valence-electron chi connectivity index (χ1n) is 7.42. The number of likely N-dealkylation sites (N-methyl/N-ethyl adjacent to an activating group) is 1. The van der Waals surface area contributed by atoms with Crippen LogP contribution in [-0.2, 0) is 16.0 Å². The topological polar surface area (TPSA) is 82.6 Å². The van der Waals surface area contributed by atoms with Crippen LogP contribution in [0.2, 0.25) is 0 Å². The molecule has 0 saturated heterocycles. The number of carbonyl (C=O) groups is 2. The Balaban J connectivity index is 2.22. The summed E-state index contributed by atoms with van der Waals surface area (Å²) in [5, 5.41) is 10.5. The molecule has 2 rings (SSSR count). The maximum absolute atomic E-state index is 12.1. The van der Waals surface area contributed by atoms with Crippen molar-refractivity contribution in [3.8, 4) is 0 Å². The zero-order valence-electron chi connectivity index (χ0n) is 13.8. The fourth-order valence-electron chi connectivity index (χ4n) is 2.36. The Bertz CT molecular complexity index is 715. The van der Waals surface area contributed by atoms with Crippen LogP contribution in [-0.4, -0.2) is 45.7 Å². The molecule has 0 aliphatic rings. The third kappa shape index (κ3) is 4.03. The van der Waals surface area contributed by atoms with Crippen LogP contribution < -0.4 is 0 Å². The fourth-order valence-corrected chi connectivity index (χ4v) is 2.36. The number of nitrogens with one attached hydrogen (secondary N) is 1. The average Bonchev–Trinajstić information content (AvgIpc) is 2.85. The summed E-state index contributed by atoms with van der Waals surface area (Å²) in [6, 6.07) is 6.65. The Morgan fingerprint density at radius 3 is 2.57 bits per heavy atom. The highest BCUT2D eigenvalue weighted by Gasteiger charge is 2.30. The molecule has 1 amide bonds. The molecule has 0 aliphatic carbocycles. The van der Waals surface area contributed by atoms with Gasteiger partial charge in [-0.15, -0.1) is 0 Å². The average molecular weight is 318 g/mol. The third-order valence-corrected chi connectivity index (χ3v) is 3.52. The molecule has 0 aliphatic heterocycles. The maximum Gasteiger partial charge on any atom is 0.410 e. The number of carboxylic acid groups (broad SMARTS) is 1. The van der Waals surface area contributed by atoms with E-state index in [9.17, 15) is 14.7 Å². The van der Waals surface area contributed by atoms with Gasteiger partial charge in [0.2, 0.25) is 0 Å². The quantitative estimate of drug-likeness (QED) is 0.907. The largest absolute Gasteiger partial charge is 0.480 e. The highest BCUT2D eigenvalue weighted by Crippen LogP contribution is 2.21. The number of benzene rings is 1. The lowest BCUT2D eigenvalue weighted by Gasteiger charge is -2.28. The zero-order valence-corrected chi connectivity index (χ0v) is 13.8. The summed E-state index contributed by atoms with van der Waals surface area (Å²) in [5.74, 6) is -1.07. The molecule has 0 spiro atoms. The number of para-hydroxylation sites is 1. The minimum absolute atomic E-state index is 0.203. The lowest BCUT2D eigenvalue weighted by molar-refractivity contribution is -0.142. The van der Waals surface area contributed by atoms with E-state index in [2.05, 4.69) is 4.98 Å². The van der Waals surface area contributed by atoms with Gasteiger partial charge in [0.25, 0.3) is 0 Å². The number of carbonyl (C=O) groups excluding carboxylic acids is 1. The number of hydrogen-bond acceptors (Lipinski definition) is 3. The first kappa shape index (κ1) is 16.9. The summed E-state index contributed by atoms with van der Waals surface area (Å²) < 4.78 is 5.25. The van der Waals surface area contributed by atoms with Crippen LogP contribution in [0.4, 0.5) is 4.79 Å². The first-order valence-corrected chi connectivity index (χ1v) is 7.42. The lowest BCUT2D eigenvalue weighted by Crippen LogP contribution is -2.46. The summed E-state index contributed by atoms with van der Waals surface area (Å²) in [7, 11) is 1.45. The molecule has 0 unspecified atom stereocenters. The Labute approximate surface area is 135 Å². The second kappa shape index (κ2) is 6.32. The molecule has 1 atom stereocenters. The predicted octanol–water partition coefficient (Wildman–Crippen LogP) is 3.03. The number of aromatic amines is 1. The summed E-state index contributed by atoms with van der Waals surface area (Å²) >= 11 is 0. The molecule has 124 valence electrons. The molecule has 0 bridgehead atoms. The molecule has 23 heavy (non-hydrogen) atoms. The maximum atomic E-state index is 12.1. The van der Waals surface area contributed by atoms with E-state index in [1.54, 1.807) is 27.0 Å². The van der Waals surface area contributed by atoms with Crippen LogP contribution in [0.3, 0.4) is 0 Å². The number of aromatic nitrogens is 1. The number of nitrogens with zero attached hydrogens (tertiary/aromatic N) is 1. The van der Waals surface area contributed by atoms with Gasteiger partial charge in [0.15, 0.2) is 0 Å². The van der Waals surface area contributed by atoms with E-state index in [1.165, 1.54) is 7.05 Å². The molecule has 0 radical (unpaired) electrons. The number of H-pyrrole nitrogens is 1. The van der Waals surface area contributed by atoms with E-state index in [-0.39, 0.29) is 6.42 Å². The van der Waals surface area contributed by atoms with Gasteiger partial charge >= 0.3 is 12.1 Å². The molecule has 6 nitrogen and oxygen atoms in total. The van der Waals surface area contributed by atoms with Crippen LogP contribution in [0.15, 0.2) is 30.5 Å². The molecule has 0 fully saturated rings. The van der Waals surface area contributed by atoms with Crippen LogP contribution in [0.5, 0.6) is 0 Å². The first-order chi connectivity index (χ1) is 10.7. The van der Waals surface area contributed by atoms with Crippen molar-refractivity contribution in [1.29, 1.82) is 0 Å². The highest BCUT2D eigenvalue weighted by atomic mass is 16.6. The van der Waals surface area contributed by atoms with Gasteiger partial charge in [-0.1, -0.05) is 18.2 Å². The van der Waals surface area contributed by atoms with E-state index in [1.807, 2.05) is 24.3 Å². The summed E-state index contributed by atoms with van der Waals surface area (Å²) in [4.78, 5) is 28.0. The van der Waals surface area contributed by atoms with Crippen molar-refractivity contribution in [1.82, 2.24) is 9.88 Å². The standard InChI is InChI=1S/C17H22N2O4/c1-17(2,3)23-16(22)19(4)14(15(20)21)9-11-10-18-13-8-6-5-7-12(11)13/h5-8,10,14,18H,9H2,1-4H3,(H,20,21)/t14-/m1/s1. The Morgan fingerprint density at radius 2 is 1.96 bits per heavy atom. The molecular weight excluding hydrogens is 296 g/mol. The second-order valence-electron chi connectivity index (χ2n) is 6.51. The summed E-state index contributed by atoms with van der Waals surface area (Å²) in [6.07, 6.45) is 1.34. The molecule has 1 heterocycles. The van der Waals surface area contributed by atoms with Crippen molar-refractivity contribution in [3.63, 3.8) is 0 Å². The minimum atomic E-state index is -1.07. The SMILES string of the molecule is CN(C(=O)OC(C)(C)C)[C@H](Cc1c[nH]c2ccccc12)C(=O)O. The number of carboxylic acids is 1. The summed E-state index contributed by atoms with van der Waals surface area (Å²) in [6.45, 7) is 5.23. The molecular formula is C17H22N2O4. The van der Waals surface area contributed by atoms with E-state index in [4.69, 9.17) is 4.74 Å². The minimum Gasteiger partial charge on any atom is -0.480 e. The summed E-state index contributed by atoms with van der Waals surface area (Å²) in [5.41, 5.74) is 1.12. The molecule has 1 aromatic carbocycles. The Hall–Kier alpha value is -2.50. The highest BCUT2D eigenvalue weighted by molar-refractivity contribution is 5.85. The van der Waals surface area contributed by atoms with Gasteiger partial charge in [0, 0.05) is 30.6 Å². The van der Waals surface area contributed by atoms with Crippen LogP contribution in [0, 0.1) is 0 Å². The van der Waals surface area contributed by atoms with Gasteiger partial charge in [-0.25, -0.2) is 9.59 Å². The third-order valence-electron chi connectivity index (χ3n) is 3.52. The number of fused-ring (bicyclic) bond motifs is 1. The Kier molecular flexibility index (Phi) is 4.63. The number of aliphatic carboxylic acids is 1. The molecule has 2 aromatic rings. The van der Waals surface area contributed by atoms with Gasteiger partial charge < -0.3 is 14.8 Å². The second-order valence-corrected chi connectivity index (χ2v) is 6.51. The fraction of sp³-hybridized carbons (Fsp3) is 0.412. The number of hydrogen-bond donors (Lipinski definition) is 2. The van der Waals surface area contributed by atoms with Gasteiger partial charge in [-0.3, -0.25) is 4.90 Å². The molecule has 6 heteroatoms. The number of ether oxygens (including phenoxy) is 1. The van der Waals surface area contributed by atoms with Crippen molar-refractivity contribution < 1.29 is 19.4 Å². The van der Waals surface area contributed by atoms with Gasteiger partial charge in [-0.2, -0.15) is 0 Å². The van der Waals surface area contributed by atoms with Crippen molar-refractivity contribution in [2.75, 3.05) is 7.05 Å². The van der Waals surface area contributed by atoms with E-state index >= 15 is 0 Å². The molecule has 0 saturated carbocycles. The molecule has 2 N–H and O–H groups in total. The van der Waals surface area contributed by atoms with Crippen molar-refractivity contribution in [2.24, 2.45) is 0 Å². The van der Waals surface area contributed by atoms with Crippen molar-refractivity contribution in [2.45, 2.75) is 38.8 Å². The number of amides is 1. The van der Waals surface area contributed by atoms with E-state index < -0.39 is 23.7 Å². The molecule has 1 aromatic heterocycles. The van der Waals surface area contributed by atoms with Crippen molar-refractivity contribution >= 4 is 23.0 Å². The zero-order chi connectivity index (χ0) is 17.2. The van der Waals surface area contributed by atoms with E-state index in [0.717, 1.165) is 21.4 Å². The smallest absolute Gasteiger partial charge is 0.410 e. The Morgan fingerprint density at radius 1 is 1.30 bits per heavy atom. The monoisotopic (exact) mass is 318 g/mol.